The number of benzene rings is 8. The number of nitrogens with two attached hydrogens (primary N) is 4. The lowest BCUT2D eigenvalue weighted by Crippen LogP contribution is -2.29. The molecule has 0 saturated carbocycles. The second kappa shape index (κ2) is 36.6. The van der Waals surface area contributed by atoms with Gasteiger partial charge >= 0.3 is 24.7 Å². The van der Waals surface area contributed by atoms with Crippen molar-refractivity contribution in [2.45, 2.75) is 110 Å². The Balaban J connectivity index is 0.000000146. The third-order valence-electron chi connectivity index (χ3n) is 21.7. The van der Waals surface area contributed by atoms with Crippen molar-refractivity contribution in [1.82, 2.24) is 48.9 Å². The highest BCUT2D eigenvalue weighted by molar-refractivity contribution is 7.90. The Bertz CT molecular complexity index is 6660. The fraction of sp³-hybridized carbons (Fsp3) is 0.227. The van der Waals surface area contributed by atoms with Gasteiger partial charge in [-0.3, -0.25) is 9.98 Å². The van der Waals surface area contributed by atoms with Gasteiger partial charge in [0, 0.05) is 66.8 Å². The summed E-state index contributed by atoms with van der Waals surface area (Å²) in [6.45, 7) is 10.9. The summed E-state index contributed by atoms with van der Waals surface area (Å²) in [7, 11) is -11.6. The van der Waals surface area contributed by atoms with Crippen LogP contribution in [-0.4, -0.2) is 135 Å². The molecule has 0 amide bonds. The maximum absolute atomic E-state index is 13.6. The van der Waals surface area contributed by atoms with E-state index in [1.54, 1.807) is 38.5 Å². The van der Waals surface area contributed by atoms with E-state index in [0.29, 0.717) is 46.7 Å². The molecular formula is C88H82F12N16O8S4. The summed E-state index contributed by atoms with van der Waals surface area (Å²) in [6, 6.07) is 47.6. The normalized spacial score (nSPS) is 15.1. The van der Waals surface area contributed by atoms with Crippen molar-refractivity contribution >= 4 is 63.2 Å². The molecule has 0 radical (unpaired) electrons. The van der Waals surface area contributed by atoms with Crippen molar-refractivity contribution in [3.63, 3.8) is 0 Å². The van der Waals surface area contributed by atoms with Crippen LogP contribution in [0.25, 0.3) is 78.9 Å². The third kappa shape index (κ3) is 21.8. The molecule has 8 aromatic carbocycles. The average molecular weight is 1850 g/mol. The van der Waals surface area contributed by atoms with Crippen LogP contribution in [0.1, 0.15) is 105 Å². The molecule has 40 heteroatoms. The van der Waals surface area contributed by atoms with Crippen LogP contribution in [0.15, 0.2) is 248 Å². The number of alkyl halides is 12. The van der Waals surface area contributed by atoms with E-state index in [4.69, 9.17) is 20.6 Å². The van der Waals surface area contributed by atoms with Crippen LogP contribution in [0, 0.1) is 27.7 Å². The lowest BCUT2D eigenvalue weighted by atomic mass is 9.87. The third-order valence-corrected chi connectivity index (χ3v) is 25.4. The van der Waals surface area contributed by atoms with Crippen LogP contribution in [-0.2, 0) is 64.8 Å². The van der Waals surface area contributed by atoms with Gasteiger partial charge in [0.1, 0.15) is 0 Å². The number of rotatable bonds is 16. The number of hydrogen-bond donors (Lipinski definition) is 4. The molecular weight excluding hydrogens is 1770 g/mol. The lowest BCUT2D eigenvalue weighted by Gasteiger charge is -2.29. The number of allylic oxidation sites excluding steroid dienone is 2. The number of aliphatic imine (C=N–C) groups is 2. The monoisotopic (exact) mass is 1850 g/mol. The van der Waals surface area contributed by atoms with Gasteiger partial charge in [0.15, 0.2) is 22.8 Å². The summed E-state index contributed by atoms with van der Waals surface area (Å²) in [5.41, 5.74) is 10.2. The first-order chi connectivity index (χ1) is 59.9. The highest BCUT2D eigenvalue weighted by atomic mass is 32.2. The summed E-state index contributed by atoms with van der Waals surface area (Å²) in [5.74, 6) is 0.341. The summed E-state index contributed by atoms with van der Waals surface area (Å²) >= 11 is 0. The van der Waals surface area contributed by atoms with Gasteiger partial charge in [-0.25, -0.2) is 73.0 Å². The molecule has 0 unspecified atom stereocenters. The molecule has 12 aromatic rings. The van der Waals surface area contributed by atoms with Gasteiger partial charge in [-0.15, -0.1) is 0 Å². The van der Waals surface area contributed by atoms with E-state index in [-0.39, 0.29) is 59.4 Å². The number of likely N-dealkylation sites (N-methyl/N-ethyl adjacent to an activating group) is 1. The number of piperidine rings is 1. The molecule has 4 aliphatic heterocycles. The molecule has 4 aromatic heterocycles. The van der Waals surface area contributed by atoms with Crippen molar-refractivity contribution in [2.24, 2.45) is 30.5 Å². The number of aryl methyl sites for hydroxylation is 4. The van der Waals surface area contributed by atoms with Crippen LogP contribution < -0.4 is 20.6 Å². The fourth-order valence-corrected chi connectivity index (χ4v) is 16.7. The number of aromatic nitrogens is 8. The molecule has 128 heavy (non-hydrogen) atoms. The molecule has 0 bridgehead atoms. The van der Waals surface area contributed by atoms with E-state index >= 15 is 0 Å². The minimum atomic E-state index is -4.65. The van der Waals surface area contributed by atoms with Gasteiger partial charge in [-0.2, -0.15) is 73.1 Å². The minimum Gasteiger partial charge on any atom is -0.306 e. The molecule has 0 aliphatic carbocycles. The molecule has 24 nitrogen and oxygen atoms in total. The van der Waals surface area contributed by atoms with E-state index in [0.717, 1.165) is 140 Å². The predicted octanol–water partition coefficient (Wildman–Crippen LogP) is 17.1. The van der Waals surface area contributed by atoms with Gasteiger partial charge < -0.3 is 9.80 Å². The SMILES string of the molecule is Cc1ccc(C2=CCN(C)CC2)cc1-c1cc(C(F)(F)F)nn1-c1ccc(S(N)(=O)=O)cc1.Cc1ccc(C2=CN=CC2)cc1-c1cc(C(F)(F)F)nn1-c1ccc(S(N)(=O)=O)cc1.Cc1ccc(C2=NC=CC2)cc1-c1cc(C(F)(F)F)nn1-c1ccc(S(N)(=O)=O)cc1.Cc1ccc(C2CCN(C)CC2)cc1-c1cc(C(F)(F)F)nn1-c1ccc(S(N)(=O)=O)cc1. The zero-order chi connectivity index (χ0) is 92.7. The van der Waals surface area contributed by atoms with Crippen LogP contribution in [0.2, 0.25) is 0 Å². The van der Waals surface area contributed by atoms with Crippen molar-refractivity contribution in [3.05, 3.63) is 286 Å². The van der Waals surface area contributed by atoms with Crippen molar-refractivity contribution in [2.75, 3.05) is 40.3 Å². The average Bonchev–Trinajstić information content (AvgIpc) is 1.63. The number of halogens is 12. The quantitative estimate of drug-likeness (QED) is 0.0654. The van der Waals surface area contributed by atoms with Crippen molar-refractivity contribution < 1.29 is 86.4 Å². The van der Waals surface area contributed by atoms with E-state index in [2.05, 4.69) is 53.3 Å². The first-order valence-electron chi connectivity index (χ1n) is 39.1. The van der Waals surface area contributed by atoms with E-state index in [1.165, 1.54) is 106 Å². The zero-order valence-electron chi connectivity index (χ0n) is 68.9. The number of hydrogen-bond acceptors (Lipinski definition) is 16. The standard InChI is InChI=1S/C23H25F3N4O2S.C23H23F3N4O2S.2C21H17F3N4O2S/c2*1-15-3-4-17(16-9-11-29(2)12-10-16)13-20(15)21-14-22(23(24,25)26)28-30(21)18-5-7-19(8-6-18)33(27,31)32;1-13-2-3-14(15-8-9-26-12-15)10-18(13)19-11-20(21(22,23)24)27-28(19)16-4-6-17(7-5-16)31(25,29)30;1-13-4-5-14(18-3-2-10-26-18)11-17(13)19-12-20(21(22,23)24)27-28(19)15-6-8-16(9-7-15)31(25,29)30/h3-8,13-14,16H,9-12H2,1-2H3,(H2,27,31,32);3-9,13-14H,10-12H2,1-2H3,(H2,27,31,32);2-7,9-12H,8H2,1H3,(H2,25,29,30);2,4-12H,3H2,1H3,(H2,25,29,30). The molecule has 16 rings (SSSR count). The van der Waals surface area contributed by atoms with Crippen LogP contribution >= 0.6 is 0 Å². The molecule has 670 valence electrons. The topological polar surface area (TPSA) is 343 Å². The van der Waals surface area contributed by atoms with Gasteiger partial charge in [0.25, 0.3) is 0 Å². The first kappa shape index (κ1) is 93.5. The molecule has 1 saturated heterocycles. The molecule has 0 atom stereocenters. The Hall–Kier alpha value is -12.1. The van der Waals surface area contributed by atoms with E-state index < -0.39 is 87.6 Å². The maximum Gasteiger partial charge on any atom is 0.435 e. The second-order valence-corrected chi connectivity index (χ2v) is 37.0. The number of likely N-dealkylation sites (tertiary alicyclic amines) is 1. The van der Waals surface area contributed by atoms with E-state index in [9.17, 15) is 86.4 Å². The Labute approximate surface area is 728 Å². The number of sulfonamides is 4. The summed E-state index contributed by atoms with van der Waals surface area (Å²) in [4.78, 5) is 12.3. The molecule has 4 aliphatic rings. The minimum absolute atomic E-state index is 0.128. The van der Waals surface area contributed by atoms with Crippen LogP contribution in [0.5, 0.6) is 0 Å². The Kier molecular flexibility index (Phi) is 26.7. The van der Waals surface area contributed by atoms with Crippen molar-refractivity contribution in [1.29, 1.82) is 0 Å². The summed E-state index contributed by atoms with van der Waals surface area (Å²) < 4.78 is 259. The molecule has 8 heterocycles. The highest BCUT2D eigenvalue weighted by Gasteiger charge is 2.40. The van der Waals surface area contributed by atoms with Crippen LogP contribution in [0.4, 0.5) is 52.7 Å². The predicted molar refractivity (Wildman–Crippen MR) is 461 cm³/mol. The second-order valence-electron chi connectivity index (χ2n) is 30.8. The Morgan fingerprint density at radius 3 is 0.984 bits per heavy atom. The number of primary sulfonamides is 4. The Morgan fingerprint density at radius 2 is 0.688 bits per heavy atom. The molecule has 0 spiro atoms. The van der Waals surface area contributed by atoms with Gasteiger partial charge in [0.05, 0.1) is 70.8 Å². The smallest absolute Gasteiger partial charge is 0.306 e. The first-order valence-corrected chi connectivity index (χ1v) is 45.3. The van der Waals surface area contributed by atoms with Gasteiger partial charge in [0.2, 0.25) is 40.1 Å². The Morgan fingerprint density at radius 1 is 0.367 bits per heavy atom. The fourth-order valence-electron chi connectivity index (χ4n) is 14.6. The molecule has 1 fully saturated rings. The van der Waals surface area contributed by atoms with Crippen molar-refractivity contribution in [3.8, 4) is 67.8 Å². The van der Waals surface area contributed by atoms with Gasteiger partial charge in [-0.05, 0) is 281 Å². The number of nitrogens with zero attached hydrogens (tertiary/aromatic N) is 12. The lowest BCUT2D eigenvalue weighted by molar-refractivity contribution is -0.142. The maximum atomic E-state index is 13.6. The van der Waals surface area contributed by atoms with Crippen LogP contribution in [0.3, 0.4) is 0 Å². The summed E-state index contributed by atoms with van der Waals surface area (Å²) in [5, 5.41) is 35.6. The zero-order valence-corrected chi connectivity index (χ0v) is 72.2. The summed E-state index contributed by atoms with van der Waals surface area (Å²) in [6.07, 6.45) is -5.25. The molecule has 8 N–H and O–H groups in total. The van der Waals surface area contributed by atoms with Gasteiger partial charge in [-0.1, -0.05) is 60.7 Å². The highest BCUT2D eigenvalue weighted by Crippen LogP contribution is 2.43. The largest absolute Gasteiger partial charge is 0.435 e. The van der Waals surface area contributed by atoms with E-state index in [1.807, 2.05) is 93.7 Å².